The first-order valence-electron chi connectivity index (χ1n) is 8.34. The summed E-state index contributed by atoms with van der Waals surface area (Å²) in [5, 5.41) is 11.4. The van der Waals surface area contributed by atoms with Crippen molar-refractivity contribution in [3.63, 3.8) is 0 Å². The Hall–Kier alpha value is -2.17. The number of nitrogens with two attached hydrogens (primary N) is 1. The fourth-order valence-corrected chi connectivity index (χ4v) is 3.85. The zero-order valence-electron chi connectivity index (χ0n) is 15.1. The highest BCUT2D eigenvalue weighted by Gasteiger charge is 2.11. The fraction of sp³-hybridized carbons (Fsp3) is 0.353. The van der Waals surface area contributed by atoms with E-state index >= 15 is 0 Å². The van der Waals surface area contributed by atoms with Crippen LogP contribution in [0.5, 0.6) is 5.75 Å². The molecule has 0 aliphatic rings. The van der Waals surface area contributed by atoms with Crippen molar-refractivity contribution in [3.05, 3.63) is 47.1 Å². The van der Waals surface area contributed by atoms with E-state index in [0.29, 0.717) is 31.3 Å². The number of nitrogens with one attached hydrogen (secondary N) is 2. The molecular weight excluding hydrogens is 391 g/mol. The molecule has 1 aromatic heterocycles. The van der Waals surface area contributed by atoms with Gasteiger partial charge in [-0.15, -0.1) is 11.3 Å². The van der Waals surface area contributed by atoms with Gasteiger partial charge in [-0.2, -0.15) is 0 Å². The van der Waals surface area contributed by atoms with Gasteiger partial charge < -0.3 is 15.4 Å². The van der Waals surface area contributed by atoms with Gasteiger partial charge in [0.1, 0.15) is 21.9 Å². The topological polar surface area (TPSA) is 106 Å². The summed E-state index contributed by atoms with van der Waals surface area (Å²) >= 11 is 1.09. The molecule has 0 aliphatic carbocycles. The molecule has 1 aromatic carbocycles. The Morgan fingerprint density at radius 1 is 1.33 bits per heavy atom. The van der Waals surface area contributed by atoms with E-state index in [1.165, 1.54) is 18.2 Å². The summed E-state index contributed by atoms with van der Waals surface area (Å²) < 4.78 is 41.6. The van der Waals surface area contributed by atoms with Crippen molar-refractivity contribution in [1.29, 1.82) is 0 Å². The van der Waals surface area contributed by atoms with Crippen molar-refractivity contribution >= 4 is 27.3 Å². The van der Waals surface area contributed by atoms with Crippen molar-refractivity contribution in [1.82, 2.24) is 10.6 Å². The number of rotatable bonds is 8. The van der Waals surface area contributed by atoms with Crippen LogP contribution in [0, 0.1) is 5.82 Å². The van der Waals surface area contributed by atoms with Gasteiger partial charge >= 0.3 is 0 Å². The van der Waals surface area contributed by atoms with Gasteiger partial charge in [0.05, 0.1) is 13.1 Å². The predicted molar refractivity (Wildman–Crippen MR) is 105 cm³/mol. The van der Waals surface area contributed by atoms with Crippen molar-refractivity contribution in [3.8, 4) is 5.75 Å². The van der Waals surface area contributed by atoms with Crippen LogP contribution in [-0.2, 0) is 16.6 Å². The third-order valence-electron chi connectivity index (χ3n) is 3.34. The Bertz CT molecular complexity index is 884. The number of primary sulfonamides is 1. The molecule has 7 nitrogen and oxygen atoms in total. The first-order chi connectivity index (χ1) is 12.8. The minimum Gasteiger partial charge on any atom is -0.489 e. The lowest BCUT2D eigenvalue weighted by molar-refractivity contribution is 0.223. The fourth-order valence-electron chi connectivity index (χ4n) is 2.15. The molecule has 4 N–H and O–H groups in total. The average Bonchev–Trinajstić information content (AvgIpc) is 3.07. The van der Waals surface area contributed by atoms with E-state index in [0.717, 1.165) is 16.2 Å². The third-order valence-corrected chi connectivity index (χ3v) is 5.85. The number of hydrogen-bond acceptors (Lipinski definition) is 5. The van der Waals surface area contributed by atoms with E-state index in [4.69, 9.17) is 9.88 Å². The molecule has 0 amide bonds. The van der Waals surface area contributed by atoms with Crippen LogP contribution in [0.4, 0.5) is 4.39 Å². The smallest absolute Gasteiger partial charge is 0.247 e. The van der Waals surface area contributed by atoms with Gasteiger partial charge in [0.15, 0.2) is 5.96 Å². The number of aliphatic imine (C=N–C) groups is 1. The molecule has 27 heavy (non-hydrogen) atoms. The van der Waals surface area contributed by atoms with Crippen molar-refractivity contribution < 1.29 is 17.5 Å². The summed E-state index contributed by atoms with van der Waals surface area (Å²) in [4.78, 5) is 5.20. The van der Waals surface area contributed by atoms with Gasteiger partial charge in [-0.1, -0.05) is 6.07 Å². The third kappa shape index (κ3) is 7.16. The van der Waals surface area contributed by atoms with Gasteiger partial charge in [0.25, 0.3) is 0 Å². The number of ether oxygens (including phenoxy) is 1. The second-order valence-corrected chi connectivity index (χ2v) is 8.68. The lowest BCUT2D eigenvalue weighted by Crippen LogP contribution is -2.41. The summed E-state index contributed by atoms with van der Waals surface area (Å²) in [6, 6.07) is 9.13. The van der Waals surface area contributed by atoms with Crippen LogP contribution in [0.25, 0.3) is 0 Å². The van der Waals surface area contributed by atoms with Crippen LogP contribution >= 0.6 is 11.3 Å². The van der Waals surface area contributed by atoms with E-state index in [9.17, 15) is 12.8 Å². The zero-order chi connectivity index (χ0) is 19.9. The van der Waals surface area contributed by atoms with Crippen LogP contribution < -0.4 is 20.5 Å². The van der Waals surface area contributed by atoms with Crippen LogP contribution in [-0.4, -0.2) is 33.6 Å². The Morgan fingerprint density at radius 2 is 2.11 bits per heavy atom. The highest BCUT2D eigenvalue weighted by Crippen LogP contribution is 2.20. The van der Waals surface area contributed by atoms with Gasteiger partial charge in [0, 0.05) is 17.5 Å². The second-order valence-electron chi connectivity index (χ2n) is 5.73. The Morgan fingerprint density at radius 3 is 2.74 bits per heavy atom. The number of hydrogen-bond donors (Lipinski definition) is 3. The van der Waals surface area contributed by atoms with Crippen molar-refractivity contribution in [2.24, 2.45) is 10.1 Å². The number of sulfonamides is 1. The molecular formula is C17H23FN4O3S2. The molecule has 0 fully saturated rings. The average molecular weight is 415 g/mol. The lowest BCUT2D eigenvalue weighted by atomic mass is 10.3. The molecule has 10 heteroatoms. The number of nitrogens with zero attached hydrogens (tertiary/aromatic N) is 1. The molecule has 0 spiro atoms. The standard InChI is InChI=1S/C17H23FN4O3S2/c1-3-20-17(22-11-15-7-8-16(26-15)27(19,23)24)21-10-12(2)25-14-6-4-5-13(18)9-14/h4-9,12H,3,10-11H2,1-2H3,(H2,19,23,24)(H2,20,21,22). The van der Waals surface area contributed by atoms with Crippen molar-refractivity contribution in [2.75, 3.05) is 13.1 Å². The normalized spacial score (nSPS) is 13.3. The first-order valence-corrected chi connectivity index (χ1v) is 10.7. The van der Waals surface area contributed by atoms with Crippen LogP contribution in [0.15, 0.2) is 45.6 Å². The minimum absolute atomic E-state index is 0.114. The van der Waals surface area contributed by atoms with E-state index in [-0.39, 0.29) is 16.1 Å². The summed E-state index contributed by atoms with van der Waals surface area (Å²) in [5.74, 6) is 0.676. The van der Waals surface area contributed by atoms with Crippen molar-refractivity contribution in [2.45, 2.75) is 30.7 Å². The summed E-state index contributed by atoms with van der Waals surface area (Å²) in [6.45, 7) is 5.23. The molecule has 148 valence electrons. The molecule has 2 rings (SSSR count). The van der Waals surface area contributed by atoms with E-state index in [2.05, 4.69) is 15.6 Å². The molecule has 1 unspecified atom stereocenters. The maximum Gasteiger partial charge on any atom is 0.247 e. The Balaban J connectivity index is 1.92. The minimum atomic E-state index is -3.69. The van der Waals surface area contributed by atoms with E-state index < -0.39 is 10.0 Å². The van der Waals surface area contributed by atoms with Gasteiger partial charge in [-0.25, -0.2) is 22.9 Å². The zero-order valence-corrected chi connectivity index (χ0v) is 16.7. The molecule has 2 aromatic rings. The van der Waals surface area contributed by atoms with Crippen LogP contribution in [0.3, 0.4) is 0 Å². The molecule has 0 radical (unpaired) electrons. The number of halogens is 1. The first kappa shape index (κ1) is 21.1. The highest BCUT2D eigenvalue weighted by molar-refractivity contribution is 7.91. The van der Waals surface area contributed by atoms with E-state index in [1.807, 2.05) is 13.8 Å². The largest absolute Gasteiger partial charge is 0.489 e. The molecule has 0 saturated carbocycles. The summed E-state index contributed by atoms with van der Waals surface area (Å²) in [5.41, 5.74) is 0. The predicted octanol–water partition coefficient (Wildman–Crippen LogP) is 2.06. The van der Waals surface area contributed by atoms with Gasteiger partial charge in [-0.3, -0.25) is 0 Å². The number of guanidine groups is 1. The molecule has 0 bridgehead atoms. The monoisotopic (exact) mass is 414 g/mol. The SMILES string of the molecule is CCNC(=NCc1ccc(S(N)(=O)=O)s1)NCC(C)Oc1cccc(F)c1. The number of thiophene rings is 1. The van der Waals surface area contributed by atoms with Gasteiger partial charge in [0.2, 0.25) is 10.0 Å². The second kappa shape index (κ2) is 9.67. The van der Waals surface area contributed by atoms with E-state index in [1.54, 1.807) is 18.2 Å². The molecule has 0 aliphatic heterocycles. The Kier molecular flexibility index (Phi) is 7.57. The molecule has 0 saturated heterocycles. The Labute approximate surface area is 162 Å². The lowest BCUT2D eigenvalue weighted by Gasteiger charge is -2.17. The highest BCUT2D eigenvalue weighted by atomic mass is 32.2. The number of benzene rings is 1. The quantitative estimate of drug-likeness (QED) is 0.453. The maximum atomic E-state index is 13.2. The maximum absolute atomic E-state index is 13.2. The van der Waals surface area contributed by atoms with Crippen LogP contribution in [0.1, 0.15) is 18.7 Å². The summed E-state index contributed by atoms with van der Waals surface area (Å²) in [7, 11) is -3.69. The molecule has 1 heterocycles. The summed E-state index contributed by atoms with van der Waals surface area (Å²) in [6.07, 6.45) is -0.216. The van der Waals surface area contributed by atoms with Gasteiger partial charge in [-0.05, 0) is 38.1 Å². The molecule has 1 atom stereocenters. The van der Waals surface area contributed by atoms with Crippen LogP contribution in [0.2, 0.25) is 0 Å².